The van der Waals surface area contributed by atoms with Gasteiger partial charge < -0.3 is 15.4 Å². The molecule has 1 aromatic rings. The Morgan fingerprint density at radius 1 is 1.27 bits per heavy atom. The lowest BCUT2D eigenvalue weighted by Crippen LogP contribution is -2.49. The van der Waals surface area contributed by atoms with E-state index in [2.05, 4.69) is 27.8 Å². The number of guanidine groups is 1. The van der Waals surface area contributed by atoms with Crippen LogP contribution in [0.5, 0.6) is 0 Å². The lowest BCUT2D eigenvalue weighted by Gasteiger charge is -2.43. The fourth-order valence-electron chi connectivity index (χ4n) is 2.72. The maximum atomic E-state index is 5.99. The first-order valence-electron chi connectivity index (χ1n) is 7.40. The summed E-state index contributed by atoms with van der Waals surface area (Å²) in [6.45, 7) is 2.31. The van der Waals surface area contributed by atoms with E-state index in [4.69, 9.17) is 16.3 Å². The van der Waals surface area contributed by atoms with Gasteiger partial charge in [-0.15, -0.1) is 24.0 Å². The number of aliphatic imine (C=N–C) groups is 1. The highest BCUT2D eigenvalue weighted by Gasteiger charge is 2.38. The van der Waals surface area contributed by atoms with Crippen LogP contribution in [-0.2, 0) is 10.2 Å². The van der Waals surface area contributed by atoms with Gasteiger partial charge in [0.25, 0.3) is 0 Å². The van der Waals surface area contributed by atoms with Gasteiger partial charge in [0.05, 0.1) is 6.61 Å². The van der Waals surface area contributed by atoms with Crippen molar-refractivity contribution < 1.29 is 4.74 Å². The highest BCUT2D eigenvalue weighted by molar-refractivity contribution is 14.0. The van der Waals surface area contributed by atoms with E-state index in [-0.39, 0.29) is 29.4 Å². The SMILES string of the molecule is CN=C(NCCOC)NCC1(c2ccc(Cl)cc2)CCC1.I. The van der Waals surface area contributed by atoms with Gasteiger partial charge in [-0.25, -0.2) is 0 Å². The Morgan fingerprint density at radius 2 is 1.95 bits per heavy atom. The first-order valence-corrected chi connectivity index (χ1v) is 7.77. The lowest BCUT2D eigenvalue weighted by molar-refractivity contribution is 0.203. The van der Waals surface area contributed by atoms with Crippen molar-refractivity contribution in [2.45, 2.75) is 24.7 Å². The molecule has 0 heterocycles. The molecule has 4 nitrogen and oxygen atoms in total. The number of methoxy groups -OCH3 is 1. The van der Waals surface area contributed by atoms with Crippen molar-refractivity contribution in [3.05, 3.63) is 34.9 Å². The van der Waals surface area contributed by atoms with E-state index < -0.39 is 0 Å². The molecule has 1 aromatic carbocycles. The molecular formula is C16H25ClIN3O. The zero-order valence-electron chi connectivity index (χ0n) is 13.2. The first-order chi connectivity index (χ1) is 10.2. The third-order valence-electron chi connectivity index (χ3n) is 4.18. The molecule has 22 heavy (non-hydrogen) atoms. The number of nitrogens with zero attached hydrogens (tertiary/aromatic N) is 1. The fraction of sp³-hybridized carbons (Fsp3) is 0.562. The predicted molar refractivity (Wildman–Crippen MR) is 104 cm³/mol. The number of hydrogen-bond donors (Lipinski definition) is 2. The molecule has 0 amide bonds. The smallest absolute Gasteiger partial charge is 0.191 e. The van der Waals surface area contributed by atoms with E-state index in [1.807, 2.05) is 12.1 Å². The fourth-order valence-corrected chi connectivity index (χ4v) is 2.85. The summed E-state index contributed by atoms with van der Waals surface area (Å²) in [5.74, 6) is 0.826. The Bertz CT molecular complexity index is 475. The Hall–Kier alpha value is -0.530. The minimum Gasteiger partial charge on any atom is -0.383 e. The molecule has 2 rings (SSSR count). The molecule has 1 fully saturated rings. The van der Waals surface area contributed by atoms with Crippen LogP contribution < -0.4 is 10.6 Å². The number of hydrogen-bond acceptors (Lipinski definition) is 2. The van der Waals surface area contributed by atoms with E-state index in [1.165, 1.54) is 24.8 Å². The molecular weight excluding hydrogens is 413 g/mol. The highest BCUT2D eigenvalue weighted by atomic mass is 127. The average molecular weight is 438 g/mol. The van der Waals surface area contributed by atoms with Gasteiger partial charge in [0, 0.05) is 37.7 Å². The van der Waals surface area contributed by atoms with Crippen LogP contribution in [0.1, 0.15) is 24.8 Å². The van der Waals surface area contributed by atoms with E-state index in [9.17, 15) is 0 Å². The summed E-state index contributed by atoms with van der Waals surface area (Å²) in [7, 11) is 3.49. The van der Waals surface area contributed by atoms with Crippen LogP contribution in [0.15, 0.2) is 29.3 Å². The van der Waals surface area contributed by atoms with Crippen molar-refractivity contribution in [3.8, 4) is 0 Å². The molecule has 0 atom stereocenters. The van der Waals surface area contributed by atoms with Crippen molar-refractivity contribution in [2.24, 2.45) is 4.99 Å². The minimum atomic E-state index is 0. The van der Waals surface area contributed by atoms with Crippen LogP contribution in [0.25, 0.3) is 0 Å². The molecule has 0 saturated heterocycles. The molecule has 1 aliphatic rings. The average Bonchev–Trinajstić information content (AvgIpc) is 2.46. The molecule has 0 radical (unpaired) electrons. The van der Waals surface area contributed by atoms with Gasteiger partial charge in [0.2, 0.25) is 0 Å². The molecule has 6 heteroatoms. The zero-order valence-corrected chi connectivity index (χ0v) is 16.3. The maximum absolute atomic E-state index is 5.99. The van der Waals surface area contributed by atoms with Gasteiger partial charge in [-0.1, -0.05) is 30.2 Å². The Labute approximate surface area is 155 Å². The standard InChI is InChI=1S/C16H24ClN3O.HI/c1-18-15(19-10-11-21-2)20-12-16(8-3-9-16)13-4-6-14(17)7-5-13;/h4-7H,3,8-12H2,1-2H3,(H2,18,19,20);1H. The van der Waals surface area contributed by atoms with Gasteiger partial charge in [-0.3, -0.25) is 4.99 Å². The van der Waals surface area contributed by atoms with Gasteiger partial charge in [-0.05, 0) is 30.5 Å². The summed E-state index contributed by atoms with van der Waals surface area (Å²) in [4.78, 5) is 4.25. The molecule has 0 unspecified atom stereocenters. The van der Waals surface area contributed by atoms with E-state index in [0.29, 0.717) is 6.61 Å². The number of halogens is 2. The van der Waals surface area contributed by atoms with Crippen molar-refractivity contribution in [1.82, 2.24) is 10.6 Å². The molecule has 2 N–H and O–H groups in total. The molecule has 0 bridgehead atoms. The van der Waals surface area contributed by atoms with Gasteiger partial charge in [0.15, 0.2) is 5.96 Å². The third kappa shape index (κ3) is 4.99. The van der Waals surface area contributed by atoms with Crippen LogP contribution in [0, 0.1) is 0 Å². The van der Waals surface area contributed by atoms with E-state index in [0.717, 1.165) is 24.1 Å². The summed E-state index contributed by atoms with van der Waals surface area (Å²) in [6, 6.07) is 8.24. The zero-order chi connectivity index (χ0) is 15.1. The third-order valence-corrected chi connectivity index (χ3v) is 4.44. The summed E-state index contributed by atoms with van der Waals surface area (Å²) >= 11 is 5.99. The quantitative estimate of drug-likeness (QED) is 0.311. The summed E-state index contributed by atoms with van der Waals surface area (Å²) in [6.07, 6.45) is 3.69. The van der Waals surface area contributed by atoms with E-state index in [1.54, 1.807) is 14.2 Å². The topological polar surface area (TPSA) is 45.7 Å². The molecule has 0 aromatic heterocycles. The number of benzene rings is 1. The van der Waals surface area contributed by atoms with Crippen LogP contribution >= 0.6 is 35.6 Å². The van der Waals surface area contributed by atoms with Crippen molar-refractivity contribution in [2.75, 3.05) is 33.9 Å². The second-order valence-electron chi connectivity index (χ2n) is 5.49. The van der Waals surface area contributed by atoms with Crippen LogP contribution in [0.4, 0.5) is 0 Å². The normalized spacial score (nSPS) is 16.4. The first kappa shape index (κ1) is 19.5. The monoisotopic (exact) mass is 437 g/mol. The van der Waals surface area contributed by atoms with Gasteiger partial charge in [0.1, 0.15) is 0 Å². The molecule has 124 valence electrons. The maximum Gasteiger partial charge on any atom is 0.191 e. The van der Waals surface area contributed by atoms with Gasteiger partial charge >= 0.3 is 0 Å². The summed E-state index contributed by atoms with van der Waals surface area (Å²) < 4.78 is 5.04. The summed E-state index contributed by atoms with van der Waals surface area (Å²) in [5.41, 5.74) is 1.57. The minimum absolute atomic E-state index is 0. The van der Waals surface area contributed by atoms with Crippen molar-refractivity contribution in [3.63, 3.8) is 0 Å². The summed E-state index contributed by atoms with van der Waals surface area (Å²) in [5, 5.41) is 7.47. The molecule has 1 aliphatic carbocycles. The van der Waals surface area contributed by atoms with Crippen LogP contribution in [-0.4, -0.2) is 39.8 Å². The van der Waals surface area contributed by atoms with Crippen LogP contribution in [0.3, 0.4) is 0 Å². The molecule has 0 aliphatic heterocycles. The number of ether oxygens (including phenoxy) is 1. The second kappa shape index (κ2) is 9.57. The van der Waals surface area contributed by atoms with E-state index >= 15 is 0 Å². The van der Waals surface area contributed by atoms with Gasteiger partial charge in [-0.2, -0.15) is 0 Å². The molecule has 1 saturated carbocycles. The predicted octanol–water partition coefficient (Wildman–Crippen LogP) is 3.19. The largest absolute Gasteiger partial charge is 0.383 e. The van der Waals surface area contributed by atoms with Crippen molar-refractivity contribution in [1.29, 1.82) is 0 Å². The number of nitrogens with one attached hydrogen (secondary N) is 2. The Morgan fingerprint density at radius 3 is 2.45 bits per heavy atom. The van der Waals surface area contributed by atoms with Crippen LogP contribution in [0.2, 0.25) is 5.02 Å². The number of rotatable bonds is 6. The second-order valence-corrected chi connectivity index (χ2v) is 5.92. The van der Waals surface area contributed by atoms with Crippen molar-refractivity contribution >= 4 is 41.5 Å². The molecule has 0 spiro atoms. The Balaban J connectivity index is 0.00000242. The Kier molecular flexibility index (Phi) is 8.49. The highest BCUT2D eigenvalue weighted by Crippen LogP contribution is 2.43. The lowest BCUT2D eigenvalue weighted by atomic mass is 9.64.